The number of rotatable bonds is 4. The van der Waals surface area contributed by atoms with Gasteiger partial charge in [0.2, 0.25) is 0 Å². The molecule has 1 aliphatic rings. The molecule has 1 aromatic carbocycles. The van der Waals surface area contributed by atoms with Crippen LogP contribution in [0.15, 0.2) is 18.2 Å². The van der Waals surface area contributed by atoms with E-state index in [1.165, 1.54) is 0 Å². The van der Waals surface area contributed by atoms with Crippen LogP contribution in [0.25, 0.3) is 0 Å². The summed E-state index contributed by atoms with van der Waals surface area (Å²) in [5.41, 5.74) is 1.82. The van der Waals surface area contributed by atoms with E-state index in [0.29, 0.717) is 24.7 Å². The predicted octanol–water partition coefficient (Wildman–Crippen LogP) is 2.85. The zero-order chi connectivity index (χ0) is 15.6. The van der Waals surface area contributed by atoms with Gasteiger partial charge < -0.3 is 10.2 Å². The first-order valence-corrected chi connectivity index (χ1v) is 7.87. The molecule has 0 aliphatic carbocycles. The number of anilines is 1. The van der Waals surface area contributed by atoms with Crippen molar-refractivity contribution in [3.63, 3.8) is 0 Å². The Kier molecular flexibility index (Phi) is 5.22. The molecule has 0 radical (unpaired) electrons. The van der Waals surface area contributed by atoms with Crippen LogP contribution < -0.4 is 10.2 Å². The molecule has 2 atom stereocenters. The van der Waals surface area contributed by atoms with Crippen LogP contribution in [0.5, 0.6) is 0 Å². The van der Waals surface area contributed by atoms with Gasteiger partial charge in [-0.15, -0.1) is 0 Å². The third kappa shape index (κ3) is 3.74. The van der Waals surface area contributed by atoms with Crippen molar-refractivity contribution in [2.24, 2.45) is 0 Å². The normalized spacial score (nSPS) is 23.9. The minimum atomic E-state index is -0.109. The van der Waals surface area contributed by atoms with Crippen molar-refractivity contribution < 1.29 is 4.39 Å². The van der Waals surface area contributed by atoms with Gasteiger partial charge in [0.05, 0.1) is 5.69 Å². The highest BCUT2D eigenvalue weighted by Crippen LogP contribution is 2.28. The summed E-state index contributed by atoms with van der Waals surface area (Å²) >= 11 is 0. The Balaban J connectivity index is 2.25. The molecular formula is C17H28FN3. The number of nitrogens with one attached hydrogen (secondary N) is 1. The fourth-order valence-electron chi connectivity index (χ4n) is 2.96. The van der Waals surface area contributed by atoms with Crippen molar-refractivity contribution >= 4 is 5.69 Å². The van der Waals surface area contributed by atoms with E-state index in [0.717, 1.165) is 24.3 Å². The molecule has 1 fully saturated rings. The van der Waals surface area contributed by atoms with E-state index in [-0.39, 0.29) is 5.82 Å². The quantitative estimate of drug-likeness (QED) is 0.921. The SMILES string of the molecule is CC(C)NCc1cccc(F)c1N1CC(C)N(C)C(C)C1. The van der Waals surface area contributed by atoms with Gasteiger partial charge in [0.25, 0.3) is 0 Å². The maximum atomic E-state index is 14.4. The Morgan fingerprint density at radius 2 is 1.86 bits per heavy atom. The predicted molar refractivity (Wildman–Crippen MR) is 87.3 cm³/mol. The lowest BCUT2D eigenvalue weighted by Crippen LogP contribution is -2.55. The van der Waals surface area contributed by atoms with Gasteiger partial charge in [0, 0.05) is 37.8 Å². The first-order valence-electron chi connectivity index (χ1n) is 7.87. The van der Waals surface area contributed by atoms with Gasteiger partial charge in [-0.25, -0.2) is 4.39 Å². The molecule has 0 spiro atoms. The molecule has 2 rings (SSSR count). The summed E-state index contributed by atoms with van der Waals surface area (Å²) in [4.78, 5) is 4.57. The standard InChI is InChI=1S/C17H28FN3/c1-12(2)19-9-15-7-6-8-16(18)17(15)21-10-13(3)20(5)14(4)11-21/h6-8,12-14,19H,9-11H2,1-5H3. The fraction of sp³-hybridized carbons (Fsp3) is 0.647. The summed E-state index contributed by atoms with van der Waals surface area (Å²) in [6.07, 6.45) is 0. The molecule has 1 saturated heterocycles. The molecule has 0 bridgehead atoms. The average molecular weight is 293 g/mol. The lowest BCUT2D eigenvalue weighted by molar-refractivity contribution is 0.169. The van der Waals surface area contributed by atoms with E-state index < -0.39 is 0 Å². The fourth-order valence-corrected chi connectivity index (χ4v) is 2.96. The van der Waals surface area contributed by atoms with Crippen LogP contribution in [0, 0.1) is 5.82 Å². The first-order chi connectivity index (χ1) is 9.90. The summed E-state index contributed by atoms with van der Waals surface area (Å²) in [6, 6.07) is 6.66. The molecule has 3 nitrogen and oxygen atoms in total. The summed E-state index contributed by atoms with van der Waals surface area (Å²) in [7, 11) is 2.15. The Hall–Kier alpha value is -1.13. The molecule has 118 valence electrons. The van der Waals surface area contributed by atoms with Crippen LogP contribution in [0.2, 0.25) is 0 Å². The van der Waals surface area contributed by atoms with Gasteiger partial charge in [0.1, 0.15) is 5.82 Å². The van der Waals surface area contributed by atoms with Crippen LogP contribution in [0.1, 0.15) is 33.3 Å². The molecular weight excluding hydrogens is 265 g/mol. The van der Waals surface area contributed by atoms with Crippen LogP contribution in [-0.2, 0) is 6.54 Å². The van der Waals surface area contributed by atoms with Gasteiger partial charge in [-0.3, -0.25) is 4.90 Å². The minimum Gasteiger partial charge on any atom is -0.366 e. The highest BCUT2D eigenvalue weighted by molar-refractivity contribution is 5.55. The summed E-state index contributed by atoms with van der Waals surface area (Å²) in [5.74, 6) is -0.109. The number of benzene rings is 1. The highest BCUT2D eigenvalue weighted by atomic mass is 19.1. The van der Waals surface area contributed by atoms with Gasteiger partial charge in [-0.05, 0) is 32.5 Å². The second-order valence-corrected chi connectivity index (χ2v) is 6.55. The van der Waals surface area contributed by atoms with Crippen LogP contribution >= 0.6 is 0 Å². The lowest BCUT2D eigenvalue weighted by atomic mass is 10.1. The van der Waals surface area contributed by atoms with Crippen molar-refractivity contribution in [3.05, 3.63) is 29.6 Å². The molecule has 4 heteroatoms. The van der Waals surface area contributed by atoms with Crippen molar-refractivity contribution in [1.82, 2.24) is 10.2 Å². The lowest BCUT2D eigenvalue weighted by Gasteiger charge is -2.44. The van der Waals surface area contributed by atoms with E-state index in [1.807, 2.05) is 6.07 Å². The maximum absolute atomic E-state index is 14.4. The molecule has 1 aliphatic heterocycles. The van der Waals surface area contributed by atoms with E-state index in [4.69, 9.17) is 0 Å². The van der Waals surface area contributed by atoms with Crippen molar-refractivity contribution in [2.45, 2.75) is 52.4 Å². The van der Waals surface area contributed by atoms with Gasteiger partial charge in [-0.2, -0.15) is 0 Å². The molecule has 21 heavy (non-hydrogen) atoms. The highest BCUT2D eigenvalue weighted by Gasteiger charge is 2.29. The molecule has 0 amide bonds. The zero-order valence-corrected chi connectivity index (χ0v) is 13.9. The second kappa shape index (κ2) is 6.75. The number of nitrogens with zero attached hydrogens (tertiary/aromatic N) is 2. The number of halogens is 1. The smallest absolute Gasteiger partial charge is 0.146 e. The third-order valence-corrected chi connectivity index (χ3v) is 4.45. The molecule has 0 aromatic heterocycles. The van der Waals surface area contributed by atoms with Crippen molar-refractivity contribution in [2.75, 3.05) is 25.0 Å². The number of piperazine rings is 1. The molecule has 1 heterocycles. The zero-order valence-electron chi connectivity index (χ0n) is 13.9. The van der Waals surface area contributed by atoms with E-state index >= 15 is 0 Å². The molecule has 1 aromatic rings. The van der Waals surface area contributed by atoms with Crippen LogP contribution in [0.3, 0.4) is 0 Å². The largest absolute Gasteiger partial charge is 0.366 e. The minimum absolute atomic E-state index is 0.109. The summed E-state index contributed by atoms with van der Waals surface area (Å²) in [5, 5.41) is 3.40. The van der Waals surface area contributed by atoms with Crippen molar-refractivity contribution in [3.8, 4) is 0 Å². The number of hydrogen-bond donors (Lipinski definition) is 1. The van der Waals surface area contributed by atoms with Gasteiger partial charge in [0.15, 0.2) is 0 Å². The van der Waals surface area contributed by atoms with E-state index in [9.17, 15) is 4.39 Å². The van der Waals surface area contributed by atoms with E-state index in [2.05, 4.69) is 49.9 Å². The topological polar surface area (TPSA) is 18.5 Å². The van der Waals surface area contributed by atoms with Crippen molar-refractivity contribution in [1.29, 1.82) is 0 Å². The number of hydrogen-bond acceptors (Lipinski definition) is 3. The summed E-state index contributed by atoms with van der Waals surface area (Å²) < 4.78 is 14.4. The average Bonchev–Trinajstić information content (AvgIpc) is 2.42. The Labute approximate surface area is 128 Å². The Morgan fingerprint density at radius 1 is 1.24 bits per heavy atom. The summed E-state index contributed by atoms with van der Waals surface area (Å²) in [6.45, 7) is 11.1. The van der Waals surface area contributed by atoms with E-state index in [1.54, 1.807) is 12.1 Å². The number of likely N-dealkylation sites (N-methyl/N-ethyl adjacent to an activating group) is 1. The van der Waals surface area contributed by atoms with Gasteiger partial charge in [-0.1, -0.05) is 26.0 Å². The second-order valence-electron chi connectivity index (χ2n) is 6.55. The van der Waals surface area contributed by atoms with Gasteiger partial charge >= 0.3 is 0 Å². The molecule has 1 N–H and O–H groups in total. The Morgan fingerprint density at radius 3 is 2.43 bits per heavy atom. The third-order valence-electron chi connectivity index (χ3n) is 4.45. The Bertz CT molecular complexity index is 463. The van der Waals surface area contributed by atoms with Crippen LogP contribution in [-0.4, -0.2) is 43.2 Å². The first kappa shape index (κ1) is 16.2. The molecule has 0 saturated carbocycles. The van der Waals surface area contributed by atoms with Crippen LogP contribution in [0.4, 0.5) is 10.1 Å². The monoisotopic (exact) mass is 293 g/mol. The molecule has 2 unspecified atom stereocenters. The maximum Gasteiger partial charge on any atom is 0.146 e. The number of para-hydroxylation sites is 1.